The molecular formula is C22H21ClN4O3S. The first kappa shape index (κ1) is 21.3. The maximum Gasteiger partial charge on any atom is 0.251 e. The molecule has 1 aromatic carbocycles. The van der Waals surface area contributed by atoms with Crippen molar-refractivity contribution < 1.29 is 14.0 Å². The molecule has 0 fully saturated rings. The number of thioether (sulfide) groups is 1. The third kappa shape index (κ3) is 4.26. The van der Waals surface area contributed by atoms with Gasteiger partial charge in [-0.1, -0.05) is 41.6 Å². The van der Waals surface area contributed by atoms with Gasteiger partial charge in [-0.15, -0.1) is 0 Å². The van der Waals surface area contributed by atoms with E-state index >= 15 is 0 Å². The fraction of sp³-hybridized carbons (Fsp3) is 0.227. The summed E-state index contributed by atoms with van der Waals surface area (Å²) in [6.45, 7) is 2.12. The third-order valence-electron chi connectivity index (χ3n) is 5.05. The van der Waals surface area contributed by atoms with Gasteiger partial charge in [-0.05, 0) is 36.1 Å². The van der Waals surface area contributed by atoms with Crippen LogP contribution in [0.25, 0.3) is 0 Å². The Morgan fingerprint density at radius 3 is 2.77 bits per heavy atom. The summed E-state index contributed by atoms with van der Waals surface area (Å²) in [6.07, 6.45) is 1.70. The molecule has 2 N–H and O–H groups in total. The molecule has 2 amide bonds. The normalized spacial score (nSPS) is 17.8. The van der Waals surface area contributed by atoms with Crippen LogP contribution < -0.4 is 10.6 Å². The van der Waals surface area contributed by atoms with E-state index in [1.54, 1.807) is 31.5 Å². The Balaban J connectivity index is 1.64. The minimum absolute atomic E-state index is 0.133. The number of amidine groups is 1. The minimum atomic E-state index is -0.486. The molecule has 0 radical (unpaired) electrons. The number of hydrogen-bond donors (Lipinski definition) is 2. The largest absolute Gasteiger partial charge is 0.467 e. The van der Waals surface area contributed by atoms with Gasteiger partial charge in [0.05, 0.1) is 36.5 Å². The summed E-state index contributed by atoms with van der Waals surface area (Å²) in [5.74, 6) is 0.289. The van der Waals surface area contributed by atoms with E-state index in [4.69, 9.17) is 16.0 Å². The third-order valence-corrected chi connectivity index (χ3v) is 6.29. The highest BCUT2D eigenvalue weighted by Gasteiger charge is 2.40. The van der Waals surface area contributed by atoms with E-state index in [0.29, 0.717) is 33.8 Å². The molecule has 1 atom stereocenters. The van der Waals surface area contributed by atoms with Crippen LogP contribution in [0.5, 0.6) is 0 Å². The molecule has 0 saturated heterocycles. The van der Waals surface area contributed by atoms with Gasteiger partial charge in [0.2, 0.25) is 5.91 Å². The van der Waals surface area contributed by atoms with Crippen molar-refractivity contribution in [1.29, 1.82) is 0 Å². The molecule has 2 aliphatic heterocycles. The van der Waals surface area contributed by atoms with Crippen LogP contribution in [0.15, 0.2) is 74.4 Å². The zero-order chi connectivity index (χ0) is 22.0. The number of amides is 2. The van der Waals surface area contributed by atoms with Crippen molar-refractivity contribution in [3.63, 3.8) is 0 Å². The Bertz CT molecular complexity index is 1110. The smallest absolute Gasteiger partial charge is 0.251 e. The zero-order valence-electron chi connectivity index (χ0n) is 17.0. The number of carbonyl (C=O) groups excluding carboxylic acids is 2. The van der Waals surface area contributed by atoms with Gasteiger partial charge in [0, 0.05) is 17.8 Å². The summed E-state index contributed by atoms with van der Waals surface area (Å²) < 4.78 is 5.26. The molecule has 31 heavy (non-hydrogen) atoms. The van der Waals surface area contributed by atoms with Crippen LogP contribution in [0.1, 0.15) is 30.7 Å². The van der Waals surface area contributed by atoms with Crippen molar-refractivity contribution in [3.8, 4) is 0 Å². The van der Waals surface area contributed by atoms with Gasteiger partial charge in [-0.25, -0.2) is 4.99 Å². The first-order chi connectivity index (χ1) is 15.0. The lowest BCUT2D eigenvalue weighted by atomic mass is 9.93. The fourth-order valence-corrected chi connectivity index (χ4v) is 4.81. The lowest BCUT2D eigenvalue weighted by molar-refractivity contribution is -0.120. The number of fused-ring (bicyclic) bond motifs is 1. The molecule has 9 heteroatoms. The molecule has 4 rings (SSSR count). The van der Waals surface area contributed by atoms with Gasteiger partial charge in [-0.3, -0.25) is 9.59 Å². The van der Waals surface area contributed by atoms with Gasteiger partial charge in [0.1, 0.15) is 5.76 Å². The second kappa shape index (κ2) is 9.03. The van der Waals surface area contributed by atoms with Crippen molar-refractivity contribution in [2.45, 2.75) is 25.9 Å². The standard InChI is InChI=1S/C22H21ClN4O3S/c1-13-19(21(29)24-2)20(16-7-3-4-8-17(16)23)27-14(12-31-22(27)26-13)10-18(28)25-11-15-6-5-9-30-15/h3-9,12,20H,10-11H2,1-2H3,(H,24,29)(H,25,28). The van der Waals surface area contributed by atoms with Gasteiger partial charge in [0.25, 0.3) is 5.91 Å². The lowest BCUT2D eigenvalue weighted by Crippen LogP contribution is -2.39. The van der Waals surface area contributed by atoms with Gasteiger partial charge < -0.3 is 20.0 Å². The van der Waals surface area contributed by atoms with E-state index in [9.17, 15) is 9.59 Å². The molecule has 2 aromatic rings. The topological polar surface area (TPSA) is 86.9 Å². The zero-order valence-corrected chi connectivity index (χ0v) is 18.6. The number of rotatable bonds is 6. The predicted molar refractivity (Wildman–Crippen MR) is 121 cm³/mol. The van der Waals surface area contributed by atoms with E-state index in [1.165, 1.54) is 11.8 Å². The van der Waals surface area contributed by atoms with E-state index < -0.39 is 6.04 Å². The van der Waals surface area contributed by atoms with Crippen molar-refractivity contribution in [2.24, 2.45) is 4.99 Å². The maximum absolute atomic E-state index is 12.8. The molecule has 0 saturated carbocycles. The Morgan fingerprint density at radius 2 is 2.06 bits per heavy atom. The fourth-order valence-electron chi connectivity index (χ4n) is 3.61. The average molecular weight is 457 g/mol. The second-order valence-electron chi connectivity index (χ2n) is 7.03. The monoisotopic (exact) mass is 456 g/mol. The Labute approximate surface area is 189 Å². The summed E-state index contributed by atoms with van der Waals surface area (Å²) in [4.78, 5) is 32.0. The van der Waals surface area contributed by atoms with Gasteiger partial charge >= 0.3 is 0 Å². The van der Waals surface area contributed by atoms with E-state index in [1.807, 2.05) is 35.4 Å². The second-order valence-corrected chi connectivity index (χ2v) is 8.27. The molecule has 0 aliphatic carbocycles. The number of hydrogen-bond acceptors (Lipinski definition) is 6. The number of benzene rings is 1. The average Bonchev–Trinajstić information content (AvgIpc) is 3.41. The summed E-state index contributed by atoms with van der Waals surface area (Å²) in [5, 5.41) is 8.72. The summed E-state index contributed by atoms with van der Waals surface area (Å²) in [5.41, 5.74) is 2.65. The first-order valence-electron chi connectivity index (χ1n) is 9.69. The van der Waals surface area contributed by atoms with Gasteiger partial charge in [-0.2, -0.15) is 0 Å². The molecule has 7 nitrogen and oxygen atoms in total. The highest BCUT2D eigenvalue weighted by Crippen LogP contribution is 2.45. The number of nitrogens with zero attached hydrogens (tertiary/aromatic N) is 2. The number of aliphatic imine (C=N–C) groups is 1. The Morgan fingerprint density at radius 1 is 1.26 bits per heavy atom. The number of allylic oxidation sites excluding steroid dienone is 1. The van der Waals surface area contributed by atoms with Crippen LogP contribution in [0.4, 0.5) is 0 Å². The highest BCUT2D eigenvalue weighted by atomic mass is 35.5. The van der Waals surface area contributed by atoms with Crippen LogP contribution in [-0.2, 0) is 16.1 Å². The van der Waals surface area contributed by atoms with Crippen molar-refractivity contribution >= 4 is 40.3 Å². The Kier molecular flexibility index (Phi) is 6.20. The number of nitrogens with one attached hydrogen (secondary N) is 2. The molecule has 160 valence electrons. The number of carbonyl (C=O) groups is 2. The van der Waals surface area contributed by atoms with Crippen LogP contribution >= 0.6 is 23.4 Å². The minimum Gasteiger partial charge on any atom is -0.467 e. The van der Waals surface area contributed by atoms with E-state index in [2.05, 4.69) is 15.6 Å². The van der Waals surface area contributed by atoms with Crippen molar-refractivity contribution in [1.82, 2.24) is 15.5 Å². The van der Waals surface area contributed by atoms with Crippen molar-refractivity contribution in [3.05, 3.63) is 81.4 Å². The molecule has 0 bridgehead atoms. The SMILES string of the molecule is CNC(=O)C1=C(C)N=C2SC=C(CC(=O)NCc3ccco3)N2C1c1ccccc1Cl. The Hall–Kier alpha value is -2.97. The van der Waals surface area contributed by atoms with Crippen LogP contribution in [0, 0.1) is 0 Å². The molecule has 0 spiro atoms. The number of likely N-dealkylation sites (N-methyl/N-ethyl adjacent to an activating group) is 1. The quantitative estimate of drug-likeness (QED) is 0.687. The molecule has 1 unspecified atom stereocenters. The number of halogens is 1. The van der Waals surface area contributed by atoms with Crippen molar-refractivity contribution in [2.75, 3.05) is 7.05 Å². The summed E-state index contributed by atoms with van der Waals surface area (Å²) >= 11 is 7.96. The number of furan rings is 1. The van der Waals surface area contributed by atoms with E-state index in [-0.39, 0.29) is 18.2 Å². The molecule has 3 heterocycles. The lowest BCUT2D eigenvalue weighted by Gasteiger charge is -2.36. The van der Waals surface area contributed by atoms with Crippen LogP contribution in [0.3, 0.4) is 0 Å². The summed E-state index contributed by atoms with van der Waals surface area (Å²) in [6, 6.07) is 10.5. The molecule has 2 aliphatic rings. The summed E-state index contributed by atoms with van der Waals surface area (Å²) in [7, 11) is 1.59. The predicted octanol–water partition coefficient (Wildman–Crippen LogP) is 3.96. The highest BCUT2D eigenvalue weighted by molar-refractivity contribution is 8.16. The van der Waals surface area contributed by atoms with Gasteiger partial charge in [0.15, 0.2) is 5.17 Å². The van der Waals surface area contributed by atoms with E-state index in [0.717, 1.165) is 11.3 Å². The molecular weight excluding hydrogens is 436 g/mol. The van der Waals surface area contributed by atoms with Crippen LogP contribution in [0.2, 0.25) is 5.02 Å². The molecule has 1 aromatic heterocycles. The first-order valence-corrected chi connectivity index (χ1v) is 11.0. The van der Waals surface area contributed by atoms with Crippen LogP contribution in [-0.4, -0.2) is 28.9 Å². The maximum atomic E-state index is 12.8.